The lowest BCUT2D eigenvalue weighted by Crippen LogP contribution is -2.17. The maximum Gasteiger partial charge on any atom is 0.122 e. The van der Waals surface area contributed by atoms with Crippen LogP contribution in [0.25, 0.3) is 0 Å². The van der Waals surface area contributed by atoms with Gasteiger partial charge in [0.2, 0.25) is 0 Å². The van der Waals surface area contributed by atoms with Crippen molar-refractivity contribution in [2.45, 2.75) is 26.3 Å². The molecule has 0 radical (unpaired) electrons. The van der Waals surface area contributed by atoms with Gasteiger partial charge < -0.3 is 19.9 Å². The molecule has 0 bridgehead atoms. The van der Waals surface area contributed by atoms with Crippen molar-refractivity contribution in [3.05, 3.63) is 59.7 Å². The van der Waals surface area contributed by atoms with Gasteiger partial charge in [0, 0.05) is 13.1 Å². The lowest BCUT2D eigenvalue weighted by Gasteiger charge is -2.10. The highest BCUT2D eigenvalue weighted by atomic mass is 16.5. The number of benzene rings is 2. The third kappa shape index (κ3) is 6.60. The van der Waals surface area contributed by atoms with Crippen LogP contribution in [0.4, 0.5) is 0 Å². The van der Waals surface area contributed by atoms with Crippen molar-refractivity contribution in [3.8, 4) is 11.5 Å². The summed E-state index contributed by atoms with van der Waals surface area (Å²) in [6, 6.07) is 16.2. The largest absolute Gasteiger partial charge is 0.490 e. The summed E-state index contributed by atoms with van der Waals surface area (Å²) < 4.78 is 11.4. The van der Waals surface area contributed by atoms with E-state index in [1.165, 1.54) is 11.1 Å². The van der Waals surface area contributed by atoms with E-state index in [2.05, 4.69) is 24.4 Å². The van der Waals surface area contributed by atoms with Gasteiger partial charge in [0.1, 0.15) is 24.7 Å². The molecule has 0 aliphatic heterocycles. The molecule has 2 aromatic rings. The van der Waals surface area contributed by atoms with Crippen LogP contribution in [0.15, 0.2) is 48.5 Å². The minimum Gasteiger partial charge on any atom is -0.490 e. The SMILES string of the molecule is CCCc1ccc(OCCOc2ccc(CNCCO)cc2)cc1. The number of ether oxygens (including phenoxy) is 2. The van der Waals surface area contributed by atoms with Gasteiger partial charge in [-0.3, -0.25) is 0 Å². The van der Waals surface area contributed by atoms with Gasteiger partial charge in [0.15, 0.2) is 0 Å². The predicted molar refractivity (Wildman–Crippen MR) is 96.7 cm³/mol. The normalized spacial score (nSPS) is 10.6. The Kier molecular flexibility index (Phi) is 8.15. The van der Waals surface area contributed by atoms with Crippen LogP contribution in [0.2, 0.25) is 0 Å². The first-order valence-corrected chi connectivity index (χ1v) is 8.57. The van der Waals surface area contributed by atoms with Crippen LogP contribution in [0.3, 0.4) is 0 Å². The molecule has 0 aliphatic carbocycles. The minimum atomic E-state index is 0.155. The predicted octanol–water partition coefficient (Wildman–Crippen LogP) is 3.18. The number of hydrogen-bond donors (Lipinski definition) is 2. The second-order valence-corrected chi connectivity index (χ2v) is 5.64. The smallest absolute Gasteiger partial charge is 0.122 e. The first-order chi connectivity index (χ1) is 11.8. The van der Waals surface area contributed by atoms with Crippen LogP contribution in [-0.2, 0) is 13.0 Å². The fraction of sp³-hybridized carbons (Fsp3) is 0.400. The minimum absolute atomic E-state index is 0.155. The summed E-state index contributed by atoms with van der Waals surface area (Å²) in [5.74, 6) is 1.71. The molecule has 0 spiro atoms. The Balaban J connectivity index is 1.66. The standard InChI is InChI=1S/C20H27NO3/c1-2-3-17-4-8-19(9-5-17)23-14-15-24-20-10-6-18(7-11-20)16-21-12-13-22/h4-11,21-22H,2-3,12-16H2,1H3. The maximum atomic E-state index is 8.73. The summed E-state index contributed by atoms with van der Waals surface area (Å²) in [6.45, 7) is 4.72. The zero-order chi connectivity index (χ0) is 17.0. The van der Waals surface area contributed by atoms with Gasteiger partial charge in [-0.2, -0.15) is 0 Å². The fourth-order valence-electron chi connectivity index (χ4n) is 2.38. The highest BCUT2D eigenvalue weighted by molar-refractivity contribution is 5.28. The van der Waals surface area contributed by atoms with E-state index in [0.717, 1.165) is 30.9 Å². The van der Waals surface area contributed by atoms with Crippen LogP contribution in [0.1, 0.15) is 24.5 Å². The third-order valence-electron chi connectivity index (χ3n) is 3.62. The molecule has 0 heterocycles. The molecule has 0 fully saturated rings. The molecule has 0 amide bonds. The topological polar surface area (TPSA) is 50.7 Å². The van der Waals surface area contributed by atoms with E-state index in [4.69, 9.17) is 14.6 Å². The van der Waals surface area contributed by atoms with Gasteiger partial charge in [0.05, 0.1) is 6.61 Å². The van der Waals surface area contributed by atoms with Gasteiger partial charge >= 0.3 is 0 Å². The van der Waals surface area contributed by atoms with E-state index < -0.39 is 0 Å². The van der Waals surface area contributed by atoms with Crippen molar-refractivity contribution < 1.29 is 14.6 Å². The van der Waals surface area contributed by atoms with Gasteiger partial charge in [0.25, 0.3) is 0 Å². The molecule has 0 aliphatic rings. The molecule has 2 aromatic carbocycles. The molecular weight excluding hydrogens is 302 g/mol. The van der Waals surface area contributed by atoms with Gasteiger partial charge in [-0.15, -0.1) is 0 Å². The molecule has 0 saturated carbocycles. The van der Waals surface area contributed by atoms with Crippen LogP contribution in [0, 0.1) is 0 Å². The first-order valence-electron chi connectivity index (χ1n) is 8.57. The molecule has 0 atom stereocenters. The number of rotatable bonds is 11. The maximum absolute atomic E-state index is 8.73. The number of hydrogen-bond acceptors (Lipinski definition) is 4. The number of nitrogens with one attached hydrogen (secondary N) is 1. The first kappa shape index (κ1) is 18.3. The van der Waals surface area contributed by atoms with Crippen LogP contribution >= 0.6 is 0 Å². The van der Waals surface area contributed by atoms with Gasteiger partial charge in [-0.05, 0) is 41.8 Å². The van der Waals surface area contributed by atoms with Crippen molar-refractivity contribution >= 4 is 0 Å². The van der Waals surface area contributed by atoms with E-state index in [0.29, 0.717) is 19.8 Å². The number of aliphatic hydroxyl groups is 1. The number of aryl methyl sites for hydroxylation is 1. The Bertz CT molecular complexity index is 566. The molecular formula is C20H27NO3. The Labute approximate surface area is 144 Å². The molecule has 2 rings (SSSR count). The van der Waals surface area contributed by atoms with E-state index in [1.807, 2.05) is 36.4 Å². The lowest BCUT2D eigenvalue weighted by atomic mass is 10.1. The van der Waals surface area contributed by atoms with Crippen LogP contribution in [-0.4, -0.2) is 31.5 Å². The summed E-state index contributed by atoms with van der Waals surface area (Å²) in [7, 11) is 0. The summed E-state index contributed by atoms with van der Waals surface area (Å²) in [4.78, 5) is 0. The van der Waals surface area contributed by atoms with Crippen molar-refractivity contribution in [1.82, 2.24) is 5.32 Å². The average Bonchev–Trinajstić information content (AvgIpc) is 2.62. The van der Waals surface area contributed by atoms with Crippen molar-refractivity contribution in [3.63, 3.8) is 0 Å². The van der Waals surface area contributed by atoms with Crippen molar-refractivity contribution in [1.29, 1.82) is 0 Å². The van der Waals surface area contributed by atoms with Crippen LogP contribution in [0.5, 0.6) is 11.5 Å². The van der Waals surface area contributed by atoms with Gasteiger partial charge in [-0.1, -0.05) is 37.6 Å². The monoisotopic (exact) mass is 329 g/mol. The summed E-state index contributed by atoms with van der Waals surface area (Å²) in [5.41, 5.74) is 2.51. The van der Waals surface area contributed by atoms with Crippen molar-refractivity contribution in [2.75, 3.05) is 26.4 Å². The Morgan fingerprint density at radius 3 is 1.88 bits per heavy atom. The quantitative estimate of drug-likeness (QED) is 0.622. The summed E-state index contributed by atoms with van der Waals surface area (Å²) in [6.07, 6.45) is 2.26. The number of aliphatic hydroxyl groups excluding tert-OH is 1. The van der Waals surface area contributed by atoms with Crippen LogP contribution < -0.4 is 14.8 Å². The molecule has 24 heavy (non-hydrogen) atoms. The van der Waals surface area contributed by atoms with Crippen molar-refractivity contribution in [2.24, 2.45) is 0 Å². The van der Waals surface area contributed by atoms with Gasteiger partial charge in [-0.25, -0.2) is 0 Å². The second-order valence-electron chi connectivity index (χ2n) is 5.64. The third-order valence-corrected chi connectivity index (χ3v) is 3.62. The molecule has 2 N–H and O–H groups in total. The zero-order valence-corrected chi connectivity index (χ0v) is 14.3. The Morgan fingerprint density at radius 1 is 0.833 bits per heavy atom. The Hall–Kier alpha value is -2.04. The highest BCUT2D eigenvalue weighted by Gasteiger charge is 1.98. The molecule has 0 unspecified atom stereocenters. The van der Waals surface area contributed by atoms with E-state index in [-0.39, 0.29) is 6.61 Å². The highest BCUT2D eigenvalue weighted by Crippen LogP contribution is 2.14. The molecule has 0 aromatic heterocycles. The molecule has 4 nitrogen and oxygen atoms in total. The summed E-state index contributed by atoms with van der Waals surface area (Å²) in [5, 5.41) is 11.9. The lowest BCUT2D eigenvalue weighted by molar-refractivity contribution is 0.217. The summed E-state index contributed by atoms with van der Waals surface area (Å²) >= 11 is 0. The van der Waals surface area contributed by atoms with E-state index in [9.17, 15) is 0 Å². The molecule has 130 valence electrons. The zero-order valence-electron chi connectivity index (χ0n) is 14.3. The van der Waals surface area contributed by atoms with E-state index >= 15 is 0 Å². The average molecular weight is 329 g/mol. The van der Waals surface area contributed by atoms with E-state index in [1.54, 1.807) is 0 Å². The molecule has 4 heteroatoms. The second kappa shape index (κ2) is 10.7. The Morgan fingerprint density at radius 2 is 1.38 bits per heavy atom. The molecule has 0 saturated heterocycles. The fourth-order valence-corrected chi connectivity index (χ4v) is 2.38.